The van der Waals surface area contributed by atoms with Crippen LogP contribution in [0, 0.1) is 5.82 Å². The number of hydrogen-bond donors (Lipinski definition) is 4. The highest BCUT2D eigenvalue weighted by molar-refractivity contribution is 5.92. The number of aromatic amines is 1. The summed E-state index contributed by atoms with van der Waals surface area (Å²) in [6.45, 7) is 0.824. The average molecular weight is 305 g/mol. The van der Waals surface area contributed by atoms with Crippen molar-refractivity contribution >= 4 is 16.9 Å². The van der Waals surface area contributed by atoms with Gasteiger partial charge in [-0.3, -0.25) is 15.6 Å². The normalized spacial score (nSPS) is 19.0. The standard InChI is InChI=1S/C15H16FN3O3/c16-11-6-8-5-10(15(21)22)14(20)18-13(8)7-9(11)12-3-1-2-4-17-19-12/h5-7,12,17,19H,1-4H2,(H,18,20)(H,21,22). The lowest BCUT2D eigenvalue weighted by Gasteiger charge is -2.17. The molecule has 0 bridgehead atoms. The van der Waals surface area contributed by atoms with Crippen molar-refractivity contribution in [2.45, 2.75) is 25.3 Å². The zero-order valence-corrected chi connectivity index (χ0v) is 11.8. The van der Waals surface area contributed by atoms with Gasteiger partial charge in [0.15, 0.2) is 0 Å². The SMILES string of the molecule is O=C(O)c1cc2cc(F)c(C3CCCCNN3)cc2[nH]c1=O. The van der Waals surface area contributed by atoms with Gasteiger partial charge in [-0.25, -0.2) is 9.18 Å². The highest BCUT2D eigenvalue weighted by Crippen LogP contribution is 2.26. The van der Waals surface area contributed by atoms with Crippen LogP contribution in [0.2, 0.25) is 0 Å². The molecule has 1 saturated heterocycles. The first-order valence-electron chi connectivity index (χ1n) is 7.14. The van der Waals surface area contributed by atoms with Crippen molar-refractivity contribution in [1.29, 1.82) is 0 Å². The fraction of sp³-hybridized carbons (Fsp3) is 0.333. The summed E-state index contributed by atoms with van der Waals surface area (Å²) < 4.78 is 14.4. The van der Waals surface area contributed by atoms with Crippen molar-refractivity contribution in [2.75, 3.05) is 6.54 Å². The molecule has 1 unspecified atom stereocenters. The number of rotatable bonds is 2. The van der Waals surface area contributed by atoms with Gasteiger partial charge >= 0.3 is 5.97 Å². The van der Waals surface area contributed by atoms with Gasteiger partial charge in [-0.2, -0.15) is 0 Å². The molecule has 7 heteroatoms. The predicted octanol–water partition coefficient (Wildman–Crippen LogP) is 1.68. The van der Waals surface area contributed by atoms with Gasteiger partial charge in [-0.1, -0.05) is 6.42 Å². The minimum absolute atomic E-state index is 0.186. The second kappa shape index (κ2) is 5.86. The molecule has 2 aromatic rings. The van der Waals surface area contributed by atoms with E-state index in [-0.39, 0.29) is 6.04 Å². The molecular weight excluding hydrogens is 289 g/mol. The lowest BCUT2D eigenvalue weighted by molar-refractivity contribution is 0.0695. The number of carboxylic acid groups (broad SMARTS) is 1. The number of fused-ring (bicyclic) bond motifs is 1. The molecule has 0 radical (unpaired) electrons. The van der Waals surface area contributed by atoms with E-state index in [0.717, 1.165) is 25.8 Å². The molecule has 1 aromatic carbocycles. The Labute approximate surface area is 125 Å². The van der Waals surface area contributed by atoms with E-state index in [2.05, 4.69) is 15.8 Å². The summed E-state index contributed by atoms with van der Waals surface area (Å²) in [7, 11) is 0. The summed E-state index contributed by atoms with van der Waals surface area (Å²) in [5, 5.41) is 9.31. The number of aromatic nitrogens is 1. The second-order valence-corrected chi connectivity index (χ2v) is 5.40. The van der Waals surface area contributed by atoms with Crippen LogP contribution in [0.15, 0.2) is 23.0 Å². The molecule has 0 saturated carbocycles. The van der Waals surface area contributed by atoms with Gasteiger partial charge in [0.25, 0.3) is 5.56 Å². The molecule has 22 heavy (non-hydrogen) atoms. The van der Waals surface area contributed by atoms with Gasteiger partial charge in [0.2, 0.25) is 0 Å². The molecule has 3 rings (SSSR count). The van der Waals surface area contributed by atoms with E-state index in [9.17, 15) is 14.0 Å². The van der Waals surface area contributed by atoms with Crippen LogP contribution in [-0.2, 0) is 0 Å². The Morgan fingerprint density at radius 1 is 1.27 bits per heavy atom. The van der Waals surface area contributed by atoms with Gasteiger partial charge in [0, 0.05) is 29.1 Å². The third-order valence-electron chi connectivity index (χ3n) is 3.89. The average Bonchev–Trinajstić information content (AvgIpc) is 2.75. The van der Waals surface area contributed by atoms with Crippen molar-refractivity contribution in [3.05, 3.63) is 45.5 Å². The van der Waals surface area contributed by atoms with Crippen LogP contribution >= 0.6 is 0 Å². The maximum Gasteiger partial charge on any atom is 0.341 e. The number of hydrazine groups is 1. The van der Waals surface area contributed by atoms with Gasteiger partial charge in [-0.05, 0) is 31.0 Å². The maximum atomic E-state index is 14.4. The van der Waals surface area contributed by atoms with E-state index in [1.165, 1.54) is 12.1 Å². The Bertz CT molecular complexity index is 779. The summed E-state index contributed by atoms with van der Waals surface area (Å²) >= 11 is 0. The predicted molar refractivity (Wildman–Crippen MR) is 79.2 cm³/mol. The molecule has 2 heterocycles. The number of pyridine rings is 1. The minimum atomic E-state index is -1.33. The molecule has 0 amide bonds. The lowest BCUT2D eigenvalue weighted by Crippen LogP contribution is -2.34. The van der Waals surface area contributed by atoms with Gasteiger partial charge < -0.3 is 10.1 Å². The monoisotopic (exact) mass is 305 g/mol. The number of nitrogens with one attached hydrogen (secondary N) is 3. The first-order chi connectivity index (χ1) is 10.6. The second-order valence-electron chi connectivity index (χ2n) is 5.40. The maximum absolute atomic E-state index is 14.4. The first kappa shape index (κ1) is 14.7. The van der Waals surface area contributed by atoms with E-state index in [4.69, 9.17) is 5.11 Å². The van der Waals surface area contributed by atoms with Gasteiger partial charge in [0.1, 0.15) is 11.4 Å². The van der Waals surface area contributed by atoms with E-state index >= 15 is 0 Å². The number of halogens is 1. The molecule has 0 spiro atoms. The van der Waals surface area contributed by atoms with Crippen molar-refractivity contribution in [3.8, 4) is 0 Å². The summed E-state index contributed by atoms with van der Waals surface area (Å²) in [6.07, 6.45) is 2.76. The van der Waals surface area contributed by atoms with Crippen LogP contribution in [0.4, 0.5) is 4.39 Å². The topological polar surface area (TPSA) is 94.2 Å². The highest BCUT2D eigenvalue weighted by atomic mass is 19.1. The van der Waals surface area contributed by atoms with Crippen LogP contribution < -0.4 is 16.4 Å². The summed E-state index contributed by atoms with van der Waals surface area (Å²) in [5.41, 5.74) is 5.91. The number of carboxylic acids is 1. The number of hydrogen-bond acceptors (Lipinski definition) is 4. The lowest BCUT2D eigenvalue weighted by atomic mass is 9.99. The smallest absolute Gasteiger partial charge is 0.341 e. The molecule has 1 aliphatic heterocycles. The number of benzene rings is 1. The van der Waals surface area contributed by atoms with Crippen LogP contribution in [0.5, 0.6) is 0 Å². The molecule has 116 valence electrons. The van der Waals surface area contributed by atoms with Crippen LogP contribution in [0.25, 0.3) is 10.9 Å². The molecular formula is C15H16FN3O3. The van der Waals surface area contributed by atoms with Crippen molar-refractivity contribution < 1.29 is 14.3 Å². The fourth-order valence-electron chi connectivity index (χ4n) is 2.73. The third kappa shape index (κ3) is 2.72. The van der Waals surface area contributed by atoms with E-state index in [1.807, 2.05) is 0 Å². The Kier molecular flexibility index (Phi) is 3.91. The zero-order valence-electron chi connectivity index (χ0n) is 11.8. The van der Waals surface area contributed by atoms with Crippen LogP contribution in [0.3, 0.4) is 0 Å². The van der Waals surface area contributed by atoms with Crippen molar-refractivity contribution in [2.24, 2.45) is 0 Å². The quantitative estimate of drug-likeness (QED) is 0.677. The van der Waals surface area contributed by atoms with Gasteiger partial charge in [0.05, 0.1) is 0 Å². The molecule has 4 N–H and O–H groups in total. The highest BCUT2D eigenvalue weighted by Gasteiger charge is 2.19. The first-order valence-corrected chi connectivity index (χ1v) is 7.14. The van der Waals surface area contributed by atoms with Gasteiger partial charge in [-0.15, -0.1) is 0 Å². The van der Waals surface area contributed by atoms with Crippen molar-refractivity contribution in [1.82, 2.24) is 15.8 Å². The summed E-state index contributed by atoms with van der Waals surface area (Å²) in [6, 6.07) is 3.85. The van der Waals surface area contributed by atoms with E-state index in [0.29, 0.717) is 16.5 Å². The Morgan fingerprint density at radius 2 is 2.09 bits per heavy atom. The summed E-state index contributed by atoms with van der Waals surface area (Å²) in [5.74, 6) is -1.75. The van der Waals surface area contributed by atoms with E-state index < -0.39 is 22.9 Å². The molecule has 0 aliphatic carbocycles. The molecule has 1 aromatic heterocycles. The number of carbonyl (C=O) groups is 1. The number of H-pyrrole nitrogens is 1. The molecule has 1 aliphatic rings. The minimum Gasteiger partial charge on any atom is -0.477 e. The van der Waals surface area contributed by atoms with Crippen molar-refractivity contribution in [3.63, 3.8) is 0 Å². The fourth-order valence-corrected chi connectivity index (χ4v) is 2.73. The number of aromatic carboxylic acids is 1. The third-order valence-corrected chi connectivity index (χ3v) is 3.89. The summed E-state index contributed by atoms with van der Waals surface area (Å²) in [4.78, 5) is 25.2. The van der Waals surface area contributed by atoms with Crippen LogP contribution in [0.1, 0.15) is 41.2 Å². The molecule has 6 nitrogen and oxygen atoms in total. The van der Waals surface area contributed by atoms with E-state index in [1.54, 1.807) is 6.07 Å². The Balaban J connectivity index is 2.09. The Hall–Kier alpha value is -2.25. The Morgan fingerprint density at radius 3 is 2.86 bits per heavy atom. The molecule has 1 atom stereocenters. The largest absolute Gasteiger partial charge is 0.477 e. The molecule has 1 fully saturated rings. The zero-order chi connectivity index (χ0) is 15.7. The van der Waals surface area contributed by atoms with Crippen LogP contribution in [-0.4, -0.2) is 22.6 Å².